The van der Waals surface area contributed by atoms with Crippen LogP contribution in [-0.4, -0.2) is 26.1 Å². The van der Waals surface area contributed by atoms with E-state index in [2.05, 4.69) is 10.3 Å². The number of rotatable bonds is 3. The lowest BCUT2D eigenvalue weighted by atomic mass is 10.4. The van der Waals surface area contributed by atoms with Gasteiger partial charge in [-0.1, -0.05) is 5.21 Å². The van der Waals surface area contributed by atoms with Crippen molar-refractivity contribution in [2.45, 2.75) is 26.1 Å². The first-order valence-corrected chi connectivity index (χ1v) is 3.48. The SMILES string of the molecule is CC(N)Cn1cc(CO)nn1.Cl. The minimum atomic E-state index is -0.0705. The topological polar surface area (TPSA) is 77.0 Å². The second kappa shape index (κ2) is 5.08. The average Bonchev–Trinajstić information content (AvgIpc) is 2.34. The van der Waals surface area contributed by atoms with Crippen molar-refractivity contribution in [2.24, 2.45) is 5.73 Å². The lowest BCUT2D eigenvalue weighted by Crippen LogP contribution is -2.22. The van der Waals surface area contributed by atoms with Crippen LogP contribution >= 0.6 is 12.4 Å². The molecule has 0 fully saturated rings. The van der Waals surface area contributed by atoms with E-state index in [4.69, 9.17) is 10.8 Å². The molecule has 1 atom stereocenters. The molecular formula is C6H13ClN4O. The molecule has 70 valence electrons. The van der Waals surface area contributed by atoms with Gasteiger partial charge in [-0.05, 0) is 6.92 Å². The lowest BCUT2D eigenvalue weighted by Gasteiger charge is -2.01. The molecule has 0 saturated heterocycles. The van der Waals surface area contributed by atoms with Gasteiger partial charge in [0.2, 0.25) is 0 Å². The molecule has 1 rings (SSSR count). The number of hydrogen-bond acceptors (Lipinski definition) is 4. The standard InChI is InChI=1S/C6H12N4O.ClH/c1-5(7)2-10-3-6(4-11)8-9-10;/h3,5,11H,2,4,7H2,1H3;1H. The molecule has 1 heterocycles. The highest BCUT2D eigenvalue weighted by atomic mass is 35.5. The summed E-state index contributed by atoms with van der Waals surface area (Å²) in [4.78, 5) is 0. The van der Waals surface area contributed by atoms with Crippen LogP contribution in [0.4, 0.5) is 0 Å². The predicted octanol–water partition coefficient (Wildman–Crippen LogP) is -0.461. The van der Waals surface area contributed by atoms with Gasteiger partial charge in [0.25, 0.3) is 0 Å². The van der Waals surface area contributed by atoms with Gasteiger partial charge >= 0.3 is 0 Å². The molecule has 5 nitrogen and oxygen atoms in total. The van der Waals surface area contributed by atoms with Crippen LogP contribution in [0.1, 0.15) is 12.6 Å². The van der Waals surface area contributed by atoms with E-state index >= 15 is 0 Å². The van der Waals surface area contributed by atoms with Gasteiger partial charge in [-0.15, -0.1) is 17.5 Å². The third-order valence-electron chi connectivity index (χ3n) is 1.22. The predicted molar refractivity (Wildman–Crippen MR) is 46.8 cm³/mol. The van der Waals surface area contributed by atoms with Gasteiger partial charge in [-0.3, -0.25) is 4.68 Å². The summed E-state index contributed by atoms with van der Waals surface area (Å²) in [6.45, 7) is 2.45. The molecule has 1 aromatic heterocycles. The zero-order valence-electron chi connectivity index (χ0n) is 6.84. The van der Waals surface area contributed by atoms with Crippen molar-refractivity contribution in [1.29, 1.82) is 0 Å². The Morgan fingerprint density at radius 2 is 2.42 bits per heavy atom. The molecule has 0 aliphatic rings. The fraction of sp³-hybridized carbons (Fsp3) is 0.667. The molecule has 0 radical (unpaired) electrons. The van der Waals surface area contributed by atoms with Crippen molar-refractivity contribution in [3.8, 4) is 0 Å². The zero-order valence-corrected chi connectivity index (χ0v) is 7.66. The molecule has 1 unspecified atom stereocenters. The maximum atomic E-state index is 8.64. The number of nitrogens with zero attached hydrogens (tertiary/aromatic N) is 3. The summed E-state index contributed by atoms with van der Waals surface area (Å²) >= 11 is 0. The highest BCUT2D eigenvalue weighted by Gasteiger charge is 2.00. The van der Waals surface area contributed by atoms with E-state index in [0.717, 1.165) is 0 Å². The zero-order chi connectivity index (χ0) is 8.27. The molecule has 6 heteroatoms. The van der Waals surface area contributed by atoms with Crippen LogP contribution in [0.25, 0.3) is 0 Å². The Bertz CT molecular complexity index is 225. The first-order chi connectivity index (χ1) is 5.22. The van der Waals surface area contributed by atoms with Gasteiger partial charge in [-0.25, -0.2) is 0 Å². The molecule has 0 aliphatic heterocycles. The smallest absolute Gasteiger partial charge is 0.108 e. The van der Waals surface area contributed by atoms with Crippen LogP contribution in [0.15, 0.2) is 6.20 Å². The van der Waals surface area contributed by atoms with Crippen LogP contribution in [0.5, 0.6) is 0 Å². The summed E-state index contributed by atoms with van der Waals surface area (Å²) in [7, 11) is 0. The summed E-state index contributed by atoms with van der Waals surface area (Å²) in [5, 5.41) is 16.1. The molecule has 0 aromatic carbocycles. The van der Waals surface area contributed by atoms with Gasteiger partial charge in [0.15, 0.2) is 0 Å². The number of aromatic nitrogens is 3. The van der Waals surface area contributed by atoms with Gasteiger partial charge < -0.3 is 10.8 Å². The Morgan fingerprint density at radius 1 is 1.75 bits per heavy atom. The van der Waals surface area contributed by atoms with Crippen LogP contribution in [0.2, 0.25) is 0 Å². The molecule has 0 spiro atoms. The Balaban J connectivity index is 0.00000121. The van der Waals surface area contributed by atoms with E-state index < -0.39 is 0 Å². The van der Waals surface area contributed by atoms with Crippen molar-refractivity contribution in [2.75, 3.05) is 0 Å². The summed E-state index contributed by atoms with van der Waals surface area (Å²) in [5.74, 6) is 0. The Morgan fingerprint density at radius 3 is 2.83 bits per heavy atom. The average molecular weight is 193 g/mol. The Labute approximate surface area is 77.0 Å². The van der Waals surface area contributed by atoms with Crippen molar-refractivity contribution in [3.05, 3.63) is 11.9 Å². The maximum absolute atomic E-state index is 8.64. The van der Waals surface area contributed by atoms with E-state index in [9.17, 15) is 0 Å². The van der Waals surface area contributed by atoms with Gasteiger partial charge in [0.05, 0.1) is 19.3 Å². The third-order valence-corrected chi connectivity index (χ3v) is 1.22. The summed E-state index contributed by atoms with van der Waals surface area (Å²) in [6, 6.07) is 0.0586. The number of aliphatic hydroxyl groups excluding tert-OH is 1. The Kier molecular flexibility index (Phi) is 4.80. The van der Waals surface area contributed by atoms with Crippen molar-refractivity contribution >= 4 is 12.4 Å². The molecule has 0 bridgehead atoms. The summed E-state index contributed by atoms with van der Waals surface area (Å²) in [5.41, 5.74) is 6.10. The minimum Gasteiger partial charge on any atom is -0.390 e. The van der Waals surface area contributed by atoms with Crippen molar-refractivity contribution in [3.63, 3.8) is 0 Å². The quantitative estimate of drug-likeness (QED) is 0.680. The maximum Gasteiger partial charge on any atom is 0.108 e. The Hall–Kier alpha value is -0.650. The summed E-state index contributed by atoms with van der Waals surface area (Å²) in [6.07, 6.45) is 1.68. The minimum absolute atomic E-state index is 0. The van der Waals surface area contributed by atoms with Crippen LogP contribution < -0.4 is 5.73 Å². The van der Waals surface area contributed by atoms with Crippen molar-refractivity contribution < 1.29 is 5.11 Å². The highest BCUT2D eigenvalue weighted by Crippen LogP contribution is 1.92. The van der Waals surface area contributed by atoms with E-state index in [1.807, 2.05) is 6.92 Å². The fourth-order valence-electron chi connectivity index (χ4n) is 0.795. The first-order valence-electron chi connectivity index (χ1n) is 3.48. The lowest BCUT2D eigenvalue weighted by molar-refractivity contribution is 0.276. The van der Waals surface area contributed by atoms with E-state index in [-0.39, 0.29) is 25.1 Å². The molecule has 0 saturated carbocycles. The molecule has 3 N–H and O–H groups in total. The fourth-order valence-corrected chi connectivity index (χ4v) is 0.795. The number of hydrogen-bond donors (Lipinski definition) is 2. The molecule has 0 aliphatic carbocycles. The van der Waals surface area contributed by atoms with Crippen LogP contribution in [0, 0.1) is 0 Å². The molecule has 1 aromatic rings. The summed E-state index contributed by atoms with van der Waals surface area (Å²) < 4.78 is 1.62. The molecular weight excluding hydrogens is 180 g/mol. The second-order valence-electron chi connectivity index (χ2n) is 2.57. The highest BCUT2D eigenvalue weighted by molar-refractivity contribution is 5.85. The van der Waals surface area contributed by atoms with E-state index in [1.165, 1.54) is 0 Å². The monoisotopic (exact) mass is 192 g/mol. The van der Waals surface area contributed by atoms with Gasteiger partial charge in [-0.2, -0.15) is 0 Å². The largest absolute Gasteiger partial charge is 0.390 e. The van der Waals surface area contributed by atoms with Gasteiger partial charge in [0.1, 0.15) is 5.69 Å². The number of nitrogens with two attached hydrogens (primary N) is 1. The third kappa shape index (κ3) is 3.17. The second-order valence-corrected chi connectivity index (χ2v) is 2.57. The first kappa shape index (κ1) is 11.4. The van der Waals surface area contributed by atoms with E-state index in [0.29, 0.717) is 12.2 Å². The van der Waals surface area contributed by atoms with E-state index in [1.54, 1.807) is 10.9 Å². The number of halogens is 1. The van der Waals surface area contributed by atoms with Crippen LogP contribution in [0.3, 0.4) is 0 Å². The van der Waals surface area contributed by atoms with Gasteiger partial charge in [0, 0.05) is 6.04 Å². The number of aliphatic hydroxyl groups is 1. The molecule has 12 heavy (non-hydrogen) atoms. The van der Waals surface area contributed by atoms with Crippen molar-refractivity contribution in [1.82, 2.24) is 15.0 Å². The normalized spacial score (nSPS) is 12.2. The van der Waals surface area contributed by atoms with Crippen LogP contribution in [-0.2, 0) is 13.2 Å². The molecule has 0 amide bonds.